The Kier molecular flexibility index (Phi) is 8.72. The van der Waals surface area contributed by atoms with E-state index in [1.54, 1.807) is 6.20 Å². The summed E-state index contributed by atoms with van der Waals surface area (Å²) < 4.78 is 0. The van der Waals surface area contributed by atoms with E-state index in [0.29, 0.717) is 6.54 Å². The van der Waals surface area contributed by atoms with E-state index in [-0.39, 0.29) is 42.7 Å². The van der Waals surface area contributed by atoms with E-state index in [4.69, 9.17) is 5.73 Å². The molecule has 2 atom stereocenters. The van der Waals surface area contributed by atoms with E-state index >= 15 is 0 Å². The molecule has 0 radical (unpaired) electrons. The summed E-state index contributed by atoms with van der Waals surface area (Å²) in [5.41, 5.74) is 6.80. The van der Waals surface area contributed by atoms with Crippen LogP contribution >= 0.6 is 24.8 Å². The van der Waals surface area contributed by atoms with Crippen molar-refractivity contribution in [3.63, 3.8) is 0 Å². The van der Waals surface area contributed by atoms with Crippen LogP contribution in [-0.2, 0) is 11.2 Å². The number of carbonyl (C=O) groups is 1. The summed E-state index contributed by atoms with van der Waals surface area (Å²) in [5.74, 6) is 0.266. The molecule has 1 saturated carbocycles. The van der Waals surface area contributed by atoms with E-state index in [1.807, 2.05) is 18.2 Å². The van der Waals surface area contributed by atoms with Gasteiger partial charge in [0.15, 0.2) is 0 Å². The lowest BCUT2D eigenvalue weighted by Gasteiger charge is -2.10. The number of amides is 1. The lowest BCUT2D eigenvalue weighted by atomic mass is 10.1. The third kappa shape index (κ3) is 5.76. The predicted octanol–water partition coefficient (Wildman–Crippen LogP) is 1.71. The summed E-state index contributed by atoms with van der Waals surface area (Å²) in [5, 5.41) is 2.96. The van der Waals surface area contributed by atoms with Gasteiger partial charge in [0.1, 0.15) is 0 Å². The topological polar surface area (TPSA) is 68.0 Å². The van der Waals surface area contributed by atoms with Gasteiger partial charge in [0, 0.05) is 36.8 Å². The van der Waals surface area contributed by atoms with Crippen LogP contribution in [-0.4, -0.2) is 23.5 Å². The van der Waals surface area contributed by atoms with Crippen molar-refractivity contribution in [1.82, 2.24) is 10.3 Å². The summed E-state index contributed by atoms with van der Waals surface area (Å²) in [6, 6.07) is 6.03. The van der Waals surface area contributed by atoms with Crippen LogP contribution in [0.15, 0.2) is 24.4 Å². The number of aromatic nitrogens is 1. The highest BCUT2D eigenvalue weighted by atomic mass is 35.5. The van der Waals surface area contributed by atoms with Gasteiger partial charge in [-0.05, 0) is 31.4 Å². The van der Waals surface area contributed by atoms with Gasteiger partial charge in [0.05, 0.1) is 0 Å². The molecule has 1 fully saturated rings. The SMILES string of the molecule is Cl.Cl.NC1CCC(C(=O)NCCc2ccccn2)C1. The maximum Gasteiger partial charge on any atom is 0.223 e. The zero-order valence-corrected chi connectivity index (χ0v) is 12.4. The molecule has 0 aliphatic heterocycles. The van der Waals surface area contributed by atoms with Gasteiger partial charge in [-0.15, -0.1) is 24.8 Å². The molecule has 0 aromatic carbocycles. The highest BCUT2D eigenvalue weighted by Gasteiger charge is 2.27. The fraction of sp³-hybridized carbons (Fsp3) is 0.538. The first-order valence-corrected chi connectivity index (χ1v) is 6.19. The second-order valence-corrected chi connectivity index (χ2v) is 4.63. The van der Waals surface area contributed by atoms with Gasteiger partial charge in [0.2, 0.25) is 5.91 Å². The highest BCUT2D eigenvalue weighted by molar-refractivity contribution is 5.85. The van der Waals surface area contributed by atoms with Crippen molar-refractivity contribution in [2.24, 2.45) is 11.7 Å². The van der Waals surface area contributed by atoms with Crippen LogP contribution in [0.4, 0.5) is 0 Å². The Morgan fingerprint density at radius 3 is 2.74 bits per heavy atom. The number of carbonyl (C=O) groups excluding carboxylic acids is 1. The second kappa shape index (κ2) is 9.13. The van der Waals surface area contributed by atoms with Gasteiger partial charge in [0.25, 0.3) is 0 Å². The van der Waals surface area contributed by atoms with Crippen LogP contribution in [0.3, 0.4) is 0 Å². The van der Waals surface area contributed by atoms with E-state index in [9.17, 15) is 4.79 Å². The molecule has 0 bridgehead atoms. The standard InChI is InChI=1S/C13H19N3O.2ClH/c14-11-5-4-10(9-11)13(17)16-8-6-12-3-1-2-7-15-12;;/h1-3,7,10-11H,4-6,8-9,14H2,(H,16,17);2*1H. The number of hydrogen-bond acceptors (Lipinski definition) is 3. The lowest BCUT2D eigenvalue weighted by Crippen LogP contribution is -2.32. The molecule has 1 aliphatic carbocycles. The third-order valence-electron chi connectivity index (χ3n) is 3.25. The van der Waals surface area contributed by atoms with Crippen LogP contribution < -0.4 is 11.1 Å². The molecule has 0 spiro atoms. The zero-order valence-electron chi connectivity index (χ0n) is 10.7. The van der Waals surface area contributed by atoms with Crippen LogP contribution in [0.5, 0.6) is 0 Å². The fourth-order valence-electron chi connectivity index (χ4n) is 2.26. The molecule has 108 valence electrons. The van der Waals surface area contributed by atoms with Crippen molar-refractivity contribution in [3.8, 4) is 0 Å². The average Bonchev–Trinajstić information content (AvgIpc) is 2.77. The first kappa shape index (κ1) is 18.2. The van der Waals surface area contributed by atoms with E-state index in [0.717, 1.165) is 31.4 Å². The molecule has 1 aromatic heterocycles. The van der Waals surface area contributed by atoms with Gasteiger partial charge in [-0.1, -0.05) is 6.07 Å². The zero-order chi connectivity index (χ0) is 12.1. The predicted molar refractivity (Wildman–Crippen MR) is 80.8 cm³/mol. The van der Waals surface area contributed by atoms with Crippen molar-refractivity contribution in [2.45, 2.75) is 31.7 Å². The highest BCUT2D eigenvalue weighted by Crippen LogP contribution is 2.23. The first-order valence-electron chi connectivity index (χ1n) is 6.19. The number of pyridine rings is 1. The number of hydrogen-bond donors (Lipinski definition) is 2. The van der Waals surface area contributed by atoms with Crippen molar-refractivity contribution < 1.29 is 4.79 Å². The molecular formula is C13H21Cl2N3O. The number of nitrogens with zero attached hydrogens (tertiary/aromatic N) is 1. The van der Waals surface area contributed by atoms with E-state index in [1.165, 1.54) is 0 Å². The van der Waals surface area contributed by atoms with Crippen molar-refractivity contribution in [3.05, 3.63) is 30.1 Å². The Labute approximate surface area is 126 Å². The Bertz CT molecular complexity index is 375. The fourth-order valence-corrected chi connectivity index (χ4v) is 2.26. The maximum absolute atomic E-state index is 11.8. The Morgan fingerprint density at radius 2 is 2.16 bits per heavy atom. The number of nitrogens with two attached hydrogens (primary N) is 1. The van der Waals surface area contributed by atoms with Gasteiger partial charge in [-0.2, -0.15) is 0 Å². The van der Waals surface area contributed by atoms with E-state index in [2.05, 4.69) is 10.3 Å². The van der Waals surface area contributed by atoms with Gasteiger partial charge in [-0.3, -0.25) is 9.78 Å². The number of rotatable bonds is 4. The Morgan fingerprint density at radius 1 is 1.37 bits per heavy atom. The van der Waals surface area contributed by atoms with Crippen LogP contribution in [0.2, 0.25) is 0 Å². The molecule has 4 nitrogen and oxygen atoms in total. The maximum atomic E-state index is 11.8. The molecule has 19 heavy (non-hydrogen) atoms. The summed E-state index contributed by atoms with van der Waals surface area (Å²) in [4.78, 5) is 16.0. The van der Waals surface area contributed by atoms with Crippen molar-refractivity contribution in [2.75, 3.05) is 6.54 Å². The monoisotopic (exact) mass is 305 g/mol. The molecular weight excluding hydrogens is 285 g/mol. The summed E-state index contributed by atoms with van der Waals surface area (Å²) >= 11 is 0. The largest absolute Gasteiger partial charge is 0.355 e. The molecule has 1 amide bonds. The van der Waals surface area contributed by atoms with Crippen LogP contribution in [0.25, 0.3) is 0 Å². The molecule has 2 unspecified atom stereocenters. The van der Waals surface area contributed by atoms with E-state index < -0.39 is 0 Å². The quantitative estimate of drug-likeness (QED) is 0.890. The summed E-state index contributed by atoms with van der Waals surface area (Å²) in [7, 11) is 0. The van der Waals surface area contributed by atoms with Gasteiger partial charge in [-0.25, -0.2) is 0 Å². The summed E-state index contributed by atoms with van der Waals surface area (Å²) in [6.07, 6.45) is 5.28. The molecule has 2 rings (SSSR count). The molecule has 3 N–H and O–H groups in total. The van der Waals surface area contributed by atoms with Crippen molar-refractivity contribution >= 4 is 30.7 Å². The normalized spacial score (nSPS) is 21.1. The van der Waals surface area contributed by atoms with Crippen LogP contribution in [0, 0.1) is 5.92 Å². The molecule has 6 heteroatoms. The molecule has 1 heterocycles. The molecule has 1 aliphatic rings. The number of nitrogens with one attached hydrogen (secondary N) is 1. The third-order valence-corrected chi connectivity index (χ3v) is 3.25. The minimum absolute atomic E-state index is 0. The van der Waals surface area contributed by atoms with Crippen molar-refractivity contribution in [1.29, 1.82) is 0 Å². The molecule has 1 aromatic rings. The minimum atomic E-state index is 0. The number of halogens is 2. The van der Waals surface area contributed by atoms with Crippen LogP contribution in [0.1, 0.15) is 25.0 Å². The summed E-state index contributed by atoms with van der Waals surface area (Å²) in [6.45, 7) is 0.654. The molecule has 0 saturated heterocycles. The Hall–Kier alpha value is -0.840. The Balaban J connectivity index is 0.00000162. The van der Waals surface area contributed by atoms with Gasteiger partial charge >= 0.3 is 0 Å². The van der Waals surface area contributed by atoms with Gasteiger partial charge < -0.3 is 11.1 Å². The second-order valence-electron chi connectivity index (χ2n) is 4.63. The first-order chi connectivity index (χ1) is 8.25. The smallest absolute Gasteiger partial charge is 0.223 e. The average molecular weight is 306 g/mol. The lowest BCUT2D eigenvalue weighted by molar-refractivity contribution is -0.124. The minimum Gasteiger partial charge on any atom is -0.355 e.